The van der Waals surface area contributed by atoms with Crippen LogP contribution >= 0.6 is 22.9 Å². The Labute approximate surface area is 163 Å². The Hall–Kier alpha value is -2.78. The number of carboxylic acid groups (broad SMARTS) is 2. The fourth-order valence-corrected chi connectivity index (χ4v) is 3.55. The zero-order valence-electron chi connectivity index (χ0n) is 14.4. The number of thiophene rings is 1. The van der Waals surface area contributed by atoms with Crippen LogP contribution in [0.1, 0.15) is 23.5 Å². The van der Waals surface area contributed by atoms with Gasteiger partial charge in [0.2, 0.25) is 0 Å². The van der Waals surface area contributed by atoms with Crippen LogP contribution in [0.15, 0.2) is 24.3 Å². The number of urea groups is 1. The zero-order valence-corrected chi connectivity index (χ0v) is 16.0. The van der Waals surface area contributed by atoms with Crippen LogP contribution in [-0.4, -0.2) is 40.8 Å². The van der Waals surface area contributed by atoms with Crippen molar-refractivity contribution in [2.75, 3.05) is 11.9 Å². The second-order valence-electron chi connectivity index (χ2n) is 5.72. The number of aliphatic carboxylic acids is 1. The Kier molecular flexibility index (Phi) is 6.65. The Morgan fingerprint density at radius 2 is 1.96 bits per heavy atom. The lowest BCUT2D eigenvalue weighted by atomic mass is 10.1. The fraction of sp³-hybridized carbons (Fsp3) is 0.235. The highest BCUT2D eigenvalue weighted by Crippen LogP contribution is 2.45. The molecule has 0 aliphatic heterocycles. The molecule has 0 spiro atoms. The van der Waals surface area contributed by atoms with Crippen molar-refractivity contribution in [1.29, 1.82) is 0 Å². The molecule has 1 aromatic heterocycles. The number of amides is 2. The van der Waals surface area contributed by atoms with Gasteiger partial charge in [-0.3, -0.25) is 0 Å². The third-order valence-electron chi connectivity index (χ3n) is 3.15. The van der Waals surface area contributed by atoms with Gasteiger partial charge in [0.05, 0.1) is 4.88 Å². The Balaban J connectivity index is 2.36. The number of carboxylic acids is 2. The summed E-state index contributed by atoms with van der Waals surface area (Å²) in [6.45, 7) is 2.94. The molecule has 0 bridgehead atoms. The van der Waals surface area contributed by atoms with E-state index in [1.54, 1.807) is 24.3 Å². The van der Waals surface area contributed by atoms with Gasteiger partial charge in [-0.05, 0) is 31.5 Å². The molecular formula is C17H17ClN2O6S. The Bertz CT molecular complexity index is 880. The molecule has 2 amide bonds. The molecule has 0 unspecified atom stereocenters. The first-order valence-electron chi connectivity index (χ1n) is 7.77. The van der Waals surface area contributed by atoms with E-state index in [9.17, 15) is 19.5 Å². The van der Waals surface area contributed by atoms with Gasteiger partial charge in [-0.1, -0.05) is 23.7 Å². The summed E-state index contributed by atoms with van der Waals surface area (Å²) in [6.07, 6.45) is 0. The van der Waals surface area contributed by atoms with E-state index >= 15 is 0 Å². The third-order valence-corrected chi connectivity index (χ3v) is 4.83. The number of aromatic carboxylic acids is 1. The monoisotopic (exact) mass is 412 g/mol. The van der Waals surface area contributed by atoms with Crippen LogP contribution in [0, 0.1) is 0 Å². The summed E-state index contributed by atoms with van der Waals surface area (Å²) in [5.74, 6) is -2.72. The van der Waals surface area contributed by atoms with Gasteiger partial charge in [0, 0.05) is 11.7 Å². The molecule has 0 aliphatic carbocycles. The number of halogens is 1. The summed E-state index contributed by atoms with van der Waals surface area (Å²) in [5, 5.41) is 23.4. The third kappa shape index (κ3) is 5.35. The van der Waals surface area contributed by atoms with E-state index < -0.39 is 18.5 Å². The standard InChI is InChI=1S/C17H17ClN2O6S/c1-8(2)19-17(25)20-10-5-3-4-9(6-10)14-12(18)13(26-7-11(21)22)15(27-14)16(23)24/h3-6,8H,7H2,1-2H3,(H,21,22)(H,23,24)(H2,19,20,25). The maximum Gasteiger partial charge on any atom is 0.349 e. The molecule has 10 heteroatoms. The second-order valence-corrected chi connectivity index (χ2v) is 7.12. The van der Waals surface area contributed by atoms with Crippen LogP contribution in [0.3, 0.4) is 0 Å². The van der Waals surface area contributed by atoms with Gasteiger partial charge in [0.15, 0.2) is 17.2 Å². The van der Waals surface area contributed by atoms with Crippen molar-refractivity contribution in [3.63, 3.8) is 0 Å². The number of ether oxygens (including phenoxy) is 1. The fourth-order valence-electron chi connectivity index (χ4n) is 2.15. The minimum absolute atomic E-state index is 0.00225. The van der Waals surface area contributed by atoms with Crippen molar-refractivity contribution >= 4 is 46.6 Å². The first-order chi connectivity index (χ1) is 12.7. The Morgan fingerprint density at radius 1 is 1.26 bits per heavy atom. The molecule has 1 heterocycles. The molecule has 0 aliphatic rings. The van der Waals surface area contributed by atoms with Crippen LogP contribution in [0.4, 0.5) is 10.5 Å². The highest BCUT2D eigenvalue weighted by Gasteiger charge is 2.24. The lowest BCUT2D eigenvalue weighted by Crippen LogP contribution is -2.34. The van der Waals surface area contributed by atoms with Gasteiger partial charge in [0.1, 0.15) is 5.02 Å². The summed E-state index contributed by atoms with van der Waals surface area (Å²) in [4.78, 5) is 34.2. The largest absolute Gasteiger partial charge is 0.479 e. The van der Waals surface area contributed by atoms with E-state index in [1.807, 2.05) is 13.8 Å². The lowest BCUT2D eigenvalue weighted by molar-refractivity contribution is -0.139. The quantitative estimate of drug-likeness (QED) is 0.548. The van der Waals surface area contributed by atoms with Gasteiger partial charge in [-0.25, -0.2) is 14.4 Å². The summed E-state index contributed by atoms with van der Waals surface area (Å²) in [6, 6.07) is 6.25. The molecular weight excluding hydrogens is 396 g/mol. The summed E-state index contributed by atoms with van der Waals surface area (Å²) in [7, 11) is 0. The molecule has 144 valence electrons. The molecule has 0 saturated heterocycles. The summed E-state index contributed by atoms with van der Waals surface area (Å²) in [5.41, 5.74) is 1.04. The van der Waals surface area contributed by atoms with Crippen LogP contribution in [0.5, 0.6) is 5.75 Å². The van der Waals surface area contributed by atoms with E-state index in [-0.39, 0.29) is 27.7 Å². The van der Waals surface area contributed by atoms with E-state index in [4.69, 9.17) is 21.4 Å². The predicted octanol–water partition coefficient (Wildman–Crippen LogP) is 3.76. The van der Waals surface area contributed by atoms with Gasteiger partial charge in [-0.15, -0.1) is 11.3 Å². The molecule has 27 heavy (non-hydrogen) atoms. The van der Waals surface area contributed by atoms with E-state index in [2.05, 4.69) is 10.6 Å². The number of carbonyl (C=O) groups is 3. The molecule has 2 aromatic rings. The molecule has 0 atom stereocenters. The average Bonchev–Trinajstić information content (AvgIpc) is 2.89. The zero-order chi connectivity index (χ0) is 20.1. The van der Waals surface area contributed by atoms with E-state index in [0.29, 0.717) is 16.1 Å². The smallest absolute Gasteiger partial charge is 0.349 e. The lowest BCUT2D eigenvalue weighted by Gasteiger charge is -2.11. The number of benzene rings is 1. The molecule has 0 fully saturated rings. The van der Waals surface area contributed by atoms with Crippen molar-refractivity contribution in [2.45, 2.75) is 19.9 Å². The predicted molar refractivity (Wildman–Crippen MR) is 102 cm³/mol. The van der Waals surface area contributed by atoms with Gasteiger partial charge >= 0.3 is 18.0 Å². The summed E-state index contributed by atoms with van der Waals surface area (Å²) >= 11 is 7.11. The number of rotatable bonds is 7. The minimum Gasteiger partial charge on any atom is -0.479 e. The number of hydrogen-bond acceptors (Lipinski definition) is 5. The minimum atomic E-state index is -1.28. The van der Waals surface area contributed by atoms with E-state index in [0.717, 1.165) is 11.3 Å². The highest BCUT2D eigenvalue weighted by atomic mass is 35.5. The first kappa shape index (κ1) is 20.5. The van der Waals surface area contributed by atoms with Gasteiger partial charge < -0.3 is 25.6 Å². The molecule has 0 saturated carbocycles. The van der Waals surface area contributed by atoms with Crippen molar-refractivity contribution in [3.05, 3.63) is 34.2 Å². The maximum atomic E-state index is 11.8. The Morgan fingerprint density at radius 3 is 2.56 bits per heavy atom. The number of carbonyl (C=O) groups excluding carboxylic acids is 1. The SMILES string of the molecule is CC(C)NC(=O)Nc1cccc(-c2sc(C(=O)O)c(OCC(=O)O)c2Cl)c1. The van der Waals surface area contributed by atoms with Crippen LogP contribution in [0.25, 0.3) is 10.4 Å². The second kappa shape index (κ2) is 8.74. The van der Waals surface area contributed by atoms with Crippen LogP contribution in [0.2, 0.25) is 5.02 Å². The normalized spacial score (nSPS) is 10.5. The van der Waals surface area contributed by atoms with Gasteiger partial charge in [-0.2, -0.15) is 0 Å². The van der Waals surface area contributed by atoms with E-state index in [1.165, 1.54) is 0 Å². The van der Waals surface area contributed by atoms with Crippen molar-refractivity contribution in [2.24, 2.45) is 0 Å². The first-order valence-corrected chi connectivity index (χ1v) is 8.96. The molecule has 8 nitrogen and oxygen atoms in total. The summed E-state index contributed by atoms with van der Waals surface area (Å²) < 4.78 is 5.05. The van der Waals surface area contributed by atoms with Crippen LogP contribution in [-0.2, 0) is 4.79 Å². The maximum absolute atomic E-state index is 11.8. The van der Waals surface area contributed by atoms with Crippen LogP contribution < -0.4 is 15.4 Å². The topological polar surface area (TPSA) is 125 Å². The average molecular weight is 413 g/mol. The highest BCUT2D eigenvalue weighted by molar-refractivity contribution is 7.18. The van der Waals surface area contributed by atoms with Gasteiger partial charge in [0.25, 0.3) is 0 Å². The number of hydrogen-bond donors (Lipinski definition) is 4. The molecule has 0 radical (unpaired) electrons. The molecule has 4 N–H and O–H groups in total. The van der Waals surface area contributed by atoms with Crippen molar-refractivity contribution in [3.8, 4) is 16.2 Å². The van der Waals surface area contributed by atoms with Crippen molar-refractivity contribution < 1.29 is 29.3 Å². The number of anilines is 1. The number of nitrogens with one attached hydrogen (secondary N) is 2. The molecule has 1 aromatic carbocycles. The molecule has 2 rings (SSSR count). The van der Waals surface area contributed by atoms with Crippen molar-refractivity contribution in [1.82, 2.24) is 5.32 Å².